The van der Waals surface area contributed by atoms with Crippen molar-refractivity contribution in [2.24, 2.45) is 0 Å². The minimum atomic E-state index is -0.207. The third kappa shape index (κ3) is 3.31. The zero-order valence-electron chi connectivity index (χ0n) is 17.2. The Morgan fingerprint density at radius 3 is 2.71 bits per heavy atom. The number of likely N-dealkylation sites (N-methyl/N-ethyl adjacent to an activating group) is 1. The van der Waals surface area contributed by atoms with E-state index in [1.165, 1.54) is 16.2 Å². The highest BCUT2D eigenvalue weighted by atomic mass is 32.1. The quantitative estimate of drug-likeness (QED) is 0.647. The average molecular weight is 436 g/mol. The largest absolute Gasteiger partial charge is 0.341 e. The number of rotatable bonds is 2. The van der Waals surface area contributed by atoms with Crippen LogP contribution in [0.3, 0.4) is 0 Å². The number of benzene rings is 1. The molecule has 0 unspecified atom stereocenters. The molecular weight excluding hydrogens is 414 g/mol. The lowest BCUT2D eigenvalue weighted by Gasteiger charge is -2.27. The van der Waals surface area contributed by atoms with Crippen LogP contribution < -0.4 is 5.32 Å². The first-order valence-corrected chi connectivity index (χ1v) is 10.8. The maximum absolute atomic E-state index is 13.2. The first-order valence-electron chi connectivity index (χ1n) is 10.0. The van der Waals surface area contributed by atoms with Crippen LogP contribution in [0.5, 0.6) is 0 Å². The van der Waals surface area contributed by atoms with Crippen LogP contribution in [-0.4, -0.2) is 57.6 Å². The molecule has 5 rings (SSSR count). The summed E-state index contributed by atoms with van der Waals surface area (Å²) in [5.74, 6) is 0.166. The molecular formula is C22H21N5O3S. The highest BCUT2D eigenvalue weighted by Crippen LogP contribution is 2.39. The molecule has 2 N–H and O–H groups in total. The maximum atomic E-state index is 13.2. The van der Waals surface area contributed by atoms with Gasteiger partial charge >= 0.3 is 0 Å². The van der Waals surface area contributed by atoms with Gasteiger partial charge in [-0.15, -0.1) is 11.3 Å². The van der Waals surface area contributed by atoms with E-state index in [0.717, 1.165) is 21.7 Å². The van der Waals surface area contributed by atoms with Crippen molar-refractivity contribution in [3.05, 3.63) is 57.7 Å². The van der Waals surface area contributed by atoms with Gasteiger partial charge in [-0.1, -0.05) is 30.3 Å². The van der Waals surface area contributed by atoms with Crippen LogP contribution in [0.4, 0.5) is 5.00 Å². The molecule has 3 amide bonds. The Morgan fingerprint density at radius 1 is 1.16 bits per heavy atom. The first-order chi connectivity index (χ1) is 14.9. The Labute approximate surface area is 182 Å². The number of hydrogen-bond acceptors (Lipinski definition) is 5. The number of nitrogens with one attached hydrogen (secondary N) is 2. The molecule has 0 bridgehead atoms. The van der Waals surface area contributed by atoms with Crippen LogP contribution in [0.1, 0.15) is 37.0 Å². The number of carbonyl (C=O) groups is 3. The Bertz CT molecular complexity index is 1210. The Morgan fingerprint density at radius 2 is 1.94 bits per heavy atom. The number of imidazole rings is 1. The van der Waals surface area contributed by atoms with Crippen molar-refractivity contribution in [2.75, 3.05) is 25.5 Å². The average Bonchev–Trinajstić information content (AvgIpc) is 3.29. The number of carbonyl (C=O) groups excluding carboxylic acids is 3. The van der Waals surface area contributed by atoms with Gasteiger partial charge in [-0.2, -0.15) is 0 Å². The number of anilines is 1. The van der Waals surface area contributed by atoms with Crippen LogP contribution in [-0.2, 0) is 17.8 Å². The van der Waals surface area contributed by atoms with Gasteiger partial charge in [0.1, 0.15) is 16.5 Å². The maximum Gasteiger partial charge on any atom is 0.274 e. The zero-order valence-corrected chi connectivity index (χ0v) is 18.0. The Hall–Kier alpha value is -3.46. The van der Waals surface area contributed by atoms with E-state index in [9.17, 15) is 14.4 Å². The van der Waals surface area contributed by atoms with Crippen LogP contribution in [0.15, 0.2) is 30.3 Å². The molecule has 158 valence electrons. The fourth-order valence-corrected chi connectivity index (χ4v) is 5.36. The summed E-state index contributed by atoms with van der Waals surface area (Å²) in [6, 6.07) is 9.68. The van der Waals surface area contributed by atoms with Gasteiger partial charge in [-0.25, -0.2) is 4.98 Å². The molecule has 0 spiro atoms. The fourth-order valence-electron chi connectivity index (χ4n) is 4.09. The number of fused-ring (bicyclic) bond motifs is 3. The third-order valence-corrected chi connectivity index (χ3v) is 6.81. The normalized spacial score (nSPS) is 15.9. The van der Waals surface area contributed by atoms with Gasteiger partial charge in [0.05, 0.1) is 18.7 Å². The highest BCUT2D eigenvalue weighted by molar-refractivity contribution is 7.17. The van der Waals surface area contributed by atoms with Crippen molar-refractivity contribution in [3.8, 4) is 11.4 Å². The lowest BCUT2D eigenvalue weighted by molar-refractivity contribution is -0.116. The summed E-state index contributed by atoms with van der Waals surface area (Å²) in [6.45, 7) is 2.78. The monoisotopic (exact) mass is 435 g/mol. The van der Waals surface area contributed by atoms with Crippen molar-refractivity contribution in [1.82, 2.24) is 19.8 Å². The minimum Gasteiger partial charge on any atom is -0.341 e. The van der Waals surface area contributed by atoms with Crippen molar-refractivity contribution in [1.29, 1.82) is 0 Å². The third-order valence-electron chi connectivity index (χ3n) is 5.67. The lowest BCUT2D eigenvalue weighted by atomic mass is 10.0. The number of hydrogen-bond donors (Lipinski definition) is 2. The van der Waals surface area contributed by atoms with E-state index in [1.54, 1.807) is 11.9 Å². The second-order valence-electron chi connectivity index (χ2n) is 7.82. The van der Waals surface area contributed by atoms with Gasteiger partial charge in [0.15, 0.2) is 0 Å². The first kappa shape index (κ1) is 19.5. The van der Waals surface area contributed by atoms with E-state index in [-0.39, 0.29) is 24.3 Å². The van der Waals surface area contributed by atoms with Gasteiger partial charge in [-0.05, 0) is 18.9 Å². The molecule has 8 nitrogen and oxygen atoms in total. The van der Waals surface area contributed by atoms with Crippen LogP contribution in [0, 0.1) is 6.92 Å². The number of aromatic amines is 1. The molecule has 0 saturated heterocycles. The van der Waals surface area contributed by atoms with E-state index in [2.05, 4.69) is 15.3 Å². The zero-order chi connectivity index (χ0) is 21.7. The molecule has 1 aromatic carbocycles. The second-order valence-corrected chi connectivity index (χ2v) is 8.92. The molecule has 0 radical (unpaired) electrons. The number of nitrogens with zero attached hydrogens (tertiary/aromatic N) is 3. The standard InChI is InChI=1S/C22H21N5O3S/c1-12-18(25-19(23-12)13-6-4-3-5-7-13)22(30)27-9-8-14-15(10-27)31-20-17(14)21(29)26(2)11-16(28)24-20/h3-7H,8-11H2,1-2H3,(H,23,25)(H,24,28). The lowest BCUT2D eigenvalue weighted by Crippen LogP contribution is -2.37. The number of amides is 3. The summed E-state index contributed by atoms with van der Waals surface area (Å²) in [7, 11) is 1.63. The smallest absolute Gasteiger partial charge is 0.274 e. The van der Waals surface area contributed by atoms with Gasteiger partial charge < -0.3 is 20.1 Å². The summed E-state index contributed by atoms with van der Waals surface area (Å²) in [6.07, 6.45) is 0.567. The predicted octanol–water partition coefficient (Wildman–Crippen LogP) is 2.67. The van der Waals surface area contributed by atoms with Crippen LogP contribution >= 0.6 is 11.3 Å². The molecule has 3 aromatic rings. The molecule has 0 atom stereocenters. The fraction of sp³-hybridized carbons (Fsp3) is 0.273. The summed E-state index contributed by atoms with van der Waals surface area (Å²) in [5, 5.41) is 3.43. The number of thiophene rings is 1. The number of aromatic nitrogens is 2. The molecule has 2 aliphatic heterocycles. The summed E-state index contributed by atoms with van der Waals surface area (Å²) >= 11 is 1.38. The Kier molecular flexibility index (Phi) is 4.62. The summed E-state index contributed by atoms with van der Waals surface area (Å²) in [5.41, 5.74) is 3.56. The molecule has 2 aliphatic rings. The Balaban J connectivity index is 1.43. The second kappa shape index (κ2) is 7.35. The SMILES string of the molecule is Cc1[nH]c(-c2ccccc2)nc1C(=O)N1CCc2c(sc3c2C(=O)N(C)CC(=O)N3)C1. The van der Waals surface area contributed by atoms with E-state index in [1.807, 2.05) is 37.3 Å². The van der Waals surface area contributed by atoms with Gasteiger partial charge in [0.25, 0.3) is 11.8 Å². The van der Waals surface area contributed by atoms with Crippen molar-refractivity contribution < 1.29 is 14.4 Å². The van der Waals surface area contributed by atoms with Crippen LogP contribution in [0.2, 0.25) is 0 Å². The van der Waals surface area contributed by atoms with Gasteiger partial charge in [-0.3, -0.25) is 14.4 Å². The molecule has 2 aromatic heterocycles. The van der Waals surface area contributed by atoms with E-state index < -0.39 is 0 Å². The van der Waals surface area contributed by atoms with E-state index in [0.29, 0.717) is 41.6 Å². The van der Waals surface area contributed by atoms with Crippen molar-refractivity contribution in [3.63, 3.8) is 0 Å². The molecule has 9 heteroatoms. The van der Waals surface area contributed by atoms with Gasteiger partial charge in [0, 0.05) is 29.7 Å². The minimum absolute atomic E-state index is 0.0435. The summed E-state index contributed by atoms with van der Waals surface area (Å²) < 4.78 is 0. The van der Waals surface area contributed by atoms with Crippen molar-refractivity contribution >= 4 is 34.1 Å². The number of aryl methyl sites for hydroxylation is 1. The topological polar surface area (TPSA) is 98.4 Å². The molecule has 0 fully saturated rings. The van der Waals surface area contributed by atoms with E-state index in [4.69, 9.17) is 0 Å². The molecule has 0 saturated carbocycles. The molecule has 4 heterocycles. The molecule has 31 heavy (non-hydrogen) atoms. The van der Waals surface area contributed by atoms with Gasteiger partial charge in [0.2, 0.25) is 5.91 Å². The summed E-state index contributed by atoms with van der Waals surface area (Å²) in [4.78, 5) is 50.0. The molecule has 0 aliphatic carbocycles. The highest BCUT2D eigenvalue weighted by Gasteiger charge is 2.34. The van der Waals surface area contributed by atoms with E-state index >= 15 is 0 Å². The predicted molar refractivity (Wildman–Crippen MR) is 117 cm³/mol. The van der Waals surface area contributed by atoms with Crippen molar-refractivity contribution in [2.45, 2.75) is 19.9 Å². The van der Waals surface area contributed by atoms with Crippen LogP contribution in [0.25, 0.3) is 11.4 Å². The number of H-pyrrole nitrogens is 1.